The molecule has 2 aromatic rings. The van der Waals surface area contributed by atoms with Gasteiger partial charge in [-0.05, 0) is 30.7 Å². The quantitative estimate of drug-likeness (QED) is 0.825. The van der Waals surface area contributed by atoms with E-state index >= 15 is 0 Å². The third-order valence-corrected chi connectivity index (χ3v) is 4.75. The van der Waals surface area contributed by atoms with Gasteiger partial charge in [-0.2, -0.15) is 0 Å². The minimum absolute atomic E-state index is 0.00621. The number of carbonyl (C=O) groups is 1. The van der Waals surface area contributed by atoms with Gasteiger partial charge in [0.05, 0.1) is 25.2 Å². The van der Waals surface area contributed by atoms with Crippen LogP contribution < -0.4 is 5.32 Å². The van der Waals surface area contributed by atoms with Crippen molar-refractivity contribution in [3.63, 3.8) is 0 Å². The van der Waals surface area contributed by atoms with E-state index in [9.17, 15) is 4.79 Å². The largest absolute Gasteiger partial charge is 0.373 e. The van der Waals surface area contributed by atoms with Crippen molar-refractivity contribution in [3.05, 3.63) is 53.1 Å². The Labute approximate surface area is 152 Å². The van der Waals surface area contributed by atoms with Crippen LogP contribution in [0.2, 0.25) is 5.02 Å². The number of amides is 1. The summed E-state index contributed by atoms with van der Waals surface area (Å²) in [6.45, 7) is 5.05. The van der Waals surface area contributed by atoms with Gasteiger partial charge in [0.1, 0.15) is 5.69 Å². The molecule has 1 amide bonds. The van der Waals surface area contributed by atoms with Gasteiger partial charge in [-0.25, -0.2) is 4.98 Å². The smallest absolute Gasteiger partial charge is 0.269 e. The molecule has 134 valence electrons. The lowest BCUT2D eigenvalue weighted by molar-refractivity contribution is -0.0590. The fourth-order valence-electron chi connectivity index (χ4n) is 3.09. The summed E-state index contributed by atoms with van der Waals surface area (Å²) in [5, 5.41) is 3.65. The summed E-state index contributed by atoms with van der Waals surface area (Å²) in [6.07, 6.45) is 3.93. The molecule has 0 aliphatic carbocycles. The van der Waals surface area contributed by atoms with Gasteiger partial charge < -0.3 is 15.0 Å². The Morgan fingerprint density at radius 3 is 2.92 bits per heavy atom. The maximum Gasteiger partial charge on any atom is 0.269 e. The number of likely N-dealkylation sites (N-methyl/N-ethyl adjacent to an activating group) is 1. The number of hydrogen-bond acceptors (Lipinski definition) is 4. The van der Waals surface area contributed by atoms with Crippen LogP contribution in [-0.4, -0.2) is 59.2 Å². The number of carbonyl (C=O) groups excluding carboxylic acids is 1. The zero-order valence-electron chi connectivity index (χ0n) is 14.2. The Kier molecular flexibility index (Phi) is 6.07. The summed E-state index contributed by atoms with van der Waals surface area (Å²) in [4.78, 5) is 21.0. The van der Waals surface area contributed by atoms with Crippen LogP contribution in [0.1, 0.15) is 23.0 Å². The number of halogens is 1. The van der Waals surface area contributed by atoms with E-state index in [-0.39, 0.29) is 12.0 Å². The van der Waals surface area contributed by atoms with Gasteiger partial charge in [-0.1, -0.05) is 30.7 Å². The molecule has 3 rings (SSSR count). The van der Waals surface area contributed by atoms with E-state index in [0.717, 1.165) is 24.5 Å². The normalized spacial score (nSPS) is 21.2. The van der Waals surface area contributed by atoms with Crippen LogP contribution in [0.15, 0.2) is 36.8 Å². The first-order valence-electron chi connectivity index (χ1n) is 8.52. The number of imidazole rings is 1. The number of H-pyrrole nitrogens is 1. The summed E-state index contributed by atoms with van der Waals surface area (Å²) in [7, 11) is 0. The molecule has 1 saturated heterocycles. The lowest BCUT2D eigenvalue weighted by Crippen LogP contribution is -2.53. The number of aromatic amines is 1. The van der Waals surface area contributed by atoms with E-state index in [1.54, 1.807) is 0 Å². The van der Waals surface area contributed by atoms with Crippen molar-refractivity contribution in [2.24, 2.45) is 0 Å². The summed E-state index contributed by atoms with van der Waals surface area (Å²) in [5.74, 6) is -0.160. The van der Waals surface area contributed by atoms with Crippen molar-refractivity contribution < 1.29 is 9.53 Å². The van der Waals surface area contributed by atoms with Gasteiger partial charge in [0.15, 0.2) is 0 Å². The van der Waals surface area contributed by atoms with Crippen molar-refractivity contribution in [3.8, 4) is 0 Å². The molecule has 1 aliphatic rings. The Morgan fingerprint density at radius 1 is 1.44 bits per heavy atom. The molecule has 25 heavy (non-hydrogen) atoms. The van der Waals surface area contributed by atoms with Crippen molar-refractivity contribution in [1.29, 1.82) is 0 Å². The Morgan fingerprint density at radius 2 is 2.24 bits per heavy atom. The average Bonchev–Trinajstić information content (AvgIpc) is 3.17. The van der Waals surface area contributed by atoms with Gasteiger partial charge in [-0.15, -0.1) is 0 Å². The molecule has 1 aliphatic heterocycles. The first-order valence-corrected chi connectivity index (χ1v) is 8.90. The van der Waals surface area contributed by atoms with Gasteiger partial charge in [0, 0.05) is 24.2 Å². The van der Waals surface area contributed by atoms with E-state index in [4.69, 9.17) is 16.3 Å². The number of rotatable bonds is 6. The molecule has 1 aromatic heterocycles. The lowest BCUT2D eigenvalue weighted by Gasteiger charge is -2.39. The van der Waals surface area contributed by atoms with E-state index in [0.29, 0.717) is 24.9 Å². The molecule has 0 spiro atoms. The first-order chi connectivity index (χ1) is 12.2. The van der Waals surface area contributed by atoms with Gasteiger partial charge in [0.25, 0.3) is 5.91 Å². The van der Waals surface area contributed by atoms with Crippen LogP contribution in [0, 0.1) is 0 Å². The predicted molar refractivity (Wildman–Crippen MR) is 96.9 cm³/mol. The number of nitrogens with one attached hydrogen (secondary N) is 2. The fraction of sp³-hybridized carbons (Fsp3) is 0.444. The lowest BCUT2D eigenvalue weighted by atomic mass is 10.0. The maximum absolute atomic E-state index is 12.0. The molecule has 0 saturated carbocycles. The molecule has 1 fully saturated rings. The van der Waals surface area contributed by atoms with E-state index in [1.165, 1.54) is 18.1 Å². The van der Waals surface area contributed by atoms with Crippen molar-refractivity contribution in [2.45, 2.75) is 25.5 Å². The first kappa shape index (κ1) is 17.9. The van der Waals surface area contributed by atoms with Crippen LogP contribution in [0.25, 0.3) is 0 Å². The molecule has 2 atom stereocenters. The molecule has 0 bridgehead atoms. The summed E-state index contributed by atoms with van der Waals surface area (Å²) in [6, 6.07) is 8.31. The van der Waals surface area contributed by atoms with E-state index in [1.807, 2.05) is 12.1 Å². The molecule has 2 heterocycles. The zero-order chi connectivity index (χ0) is 17.6. The van der Waals surface area contributed by atoms with Crippen molar-refractivity contribution >= 4 is 17.5 Å². The Balaban J connectivity index is 1.50. The molecule has 7 heteroatoms. The number of hydrogen-bond donors (Lipinski definition) is 2. The Hall–Kier alpha value is -1.89. The summed E-state index contributed by atoms with van der Waals surface area (Å²) >= 11 is 5.95. The molecule has 1 aromatic carbocycles. The third kappa shape index (κ3) is 4.81. The van der Waals surface area contributed by atoms with Gasteiger partial charge >= 0.3 is 0 Å². The second-order valence-electron chi connectivity index (χ2n) is 6.20. The highest BCUT2D eigenvalue weighted by atomic mass is 35.5. The van der Waals surface area contributed by atoms with Crippen LogP contribution in [-0.2, 0) is 11.2 Å². The summed E-state index contributed by atoms with van der Waals surface area (Å²) < 4.78 is 5.98. The topological polar surface area (TPSA) is 70.2 Å². The second-order valence-corrected chi connectivity index (χ2v) is 6.64. The number of ether oxygens (including phenoxy) is 1. The van der Waals surface area contributed by atoms with Crippen LogP contribution in [0.5, 0.6) is 0 Å². The molecule has 0 radical (unpaired) electrons. The predicted octanol–water partition coefficient (Wildman–Crippen LogP) is 2.12. The van der Waals surface area contributed by atoms with E-state index in [2.05, 4.69) is 39.2 Å². The highest BCUT2D eigenvalue weighted by Crippen LogP contribution is 2.17. The SMILES string of the molecule is CCN1C[C@H](CNC(=O)c2cnc[nH]2)OC[C@@H]1Cc1ccc(Cl)cc1. The minimum Gasteiger partial charge on any atom is -0.373 e. The van der Waals surface area contributed by atoms with Gasteiger partial charge in [0.2, 0.25) is 0 Å². The molecular formula is C18H23ClN4O2. The third-order valence-electron chi connectivity index (χ3n) is 4.50. The number of benzene rings is 1. The molecular weight excluding hydrogens is 340 g/mol. The molecule has 2 N–H and O–H groups in total. The Bertz CT molecular complexity index is 675. The second kappa shape index (κ2) is 8.47. The van der Waals surface area contributed by atoms with Gasteiger partial charge in [-0.3, -0.25) is 9.69 Å². The van der Waals surface area contributed by atoms with Crippen LogP contribution in [0.4, 0.5) is 0 Å². The van der Waals surface area contributed by atoms with Crippen molar-refractivity contribution in [1.82, 2.24) is 20.2 Å². The number of nitrogens with zero attached hydrogens (tertiary/aromatic N) is 2. The maximum atomic E-state index is 12.0. The fourth-order valence-corrected chi connectivity index (χ4v) is 3.22. The van der Waals surface area contributed by atoms with Crippen LogP contribution in [0.3, 0.4) is 0 Å². The molecule has 6 nitrogen and oxygen atoms in total. The summed E-state index contributed by atoms with van der Waals surface area (Å²) in [5.41, 5.74) is 1.71. The molecule has 0 unspecified atom stereocenters. The standard InChI is InChI=1S/C18H23ClN4O2/c1-2-23-10-16(8-21-18(24)17-9-20-12-22-17)25-11-15(23)7-13-3-5-14(19)6-4-13/h3-6,9,12,15-16H,2,7-8,10-11H2,1H3,(H,20,22)(H,21,24)/t15-,16-/m0/s1. The highest BCUT2D eigenvalue weighted by molar-refractivity contribution is 6.30. The highest BCUT2D eigenvalue weighted by Gasteiger charge is 2.28. The monoisotopic (exact) mass is 362 g/mol. The average molecular weight is 363 g/mol. The van der Waals surface area contributed by atoms with Crippen molar-refractivity contribution in [2.75, 3.05) is 26.2 Å². The zero-order valence-corrected chi connectivity index (χ0v) is 15.0. The van der Waals surface area contributed by atoms with Crippen LogP contribution >= 0.6 is 11.6 Å². The van der Waals surface area contributed by atoms with E-state index < -0.39 is 0 Å². The minimum atomic E-state index is -0.160. The number of aromatic nitrogens is 2. The number of morpholine rings is 1.